The van der Waals surface area contributed by atoms with Crippen molar-refractivity contribution in [3.05, 3.63) is 33.6 Å². The van der Waals surface area contributed by atoms with Gasteiger partial charge in [0.1, 0.15) is 6.20 Å². The fourth-order valence-electron chi connectivity index (χ4n) is 0.994. The zero-order valence-corrected chi connectivity index (χ0v) is 9.19. The maximum Gasteiger partial charge on any atom is 0.290 e. The second kappa shape index (κ2) is 5.12. The van der Waals surface area contributed by atoms with E-state index >= 15 is 0 Å². The first-order chi connectivity index (χ1) is 7.50. The Kier molecular flexibility index (Phi) is 3.84. The Morgan fingerprint density at radius 2 is 2.50 bits per heavy atom. The van der Waals surface area contributed by atoms with Crippen molar-refractivity contribution in [2.24, 2.45) is 10.8 Å². The zero-order valence-electron chi connectivity index (χ0n) is 8.38. The number of nitro groups is 1. The summed E-state index contributed by atoms with van der Waals surface area (Å²) in [5, 5.41) is 14.2. The molecule has 0 amide bonds. The molecule has 0 aliphatic heterocycles. The number of aromatic nitrogens is 1. The van der Waals surface area contributed by atoms with Gasteiger partial charge in [-0.25, -0.2) is 4.98 Å². The van der Waals surface area contributed by atoms with Gasteiger partial charge in [-0.3, -0.25) is 15.5 Å². The van der Waals surface area contributed by atoms with E-state index in [4.69, 9.17) is 5.73 Å². The second-order valence-corrected chi connectivity index (χ2v) is 3.33. The first-order valence-electron chi connectivity index (χ1n) is 4.20. The summed E-state index contributed by atoms with van der Waals surface area (Å²) in [4.78, 5) is 13.9. The van der Waals surface area contributed by atoms with Gasteiger partial charge in [0.05, 0.1) is 16.8 Å². The van der Waals surface area contributed by atoms with Crippen LogP contribution in [0.5, 0.6) is 0 Å². The molecular formula is C8H9N5O2S. The van der Waals surface area contributed by atoms with Gasteiger partial charge < -0.3 is 5.73 Å². The van der Waals surface area contributed by atoms with Gasteiger partial charge in [0.15, 0.2) is 5.11 Å². The molecule has 0 aliphatic rings. The van der Waals surface area contributed by atoms with Crippen molar-refractivity contribution in [3.8, 4) is 0 Å². The Morgan fingerprint density at radius 3 is 3.00 bits per heavy atom. The summed E-state index contributed by atoms with van der Waals surface area (Å²) in [6.45, 7) is 1.62. The van der Waals surface area contributed by atoms with Gasteiger partial charge in [-0.2, -0.15) is 5.10 Å². The van der Waals surface area contributed by atoms with Gasteiger partial charge in [-0.1, -0.05) is 0 Å². The predicted molar refractivity (Wildman–Crippen MR) is 63.1 cm³/mol. The highest BCUT2D eigenvalue weighted by Gasteiger charge is 2.10. The van der Waals surface area contributed by atoms with Crippen LogP contribution < -0.4 is 11.2 Å². The monoisotopic (exact) mass is 239 g/mol. The van der Waals surface area contributed by atoms with Crippen LogP contribution in [-0.4, -0.2) is 21.2 Å². The minimum atomic E-state index is -0.490. The van der Waals surface area contributed by atoms with Gasteiger partial charge in [0, 0.05) is 5.56 Å². The fraction of sp³-hybridized carbons (Fsp3) is 0.125. The number of thiocarbonyl (C=S) groups is 1. The maximum absolute atomic E-state index is 10.5. The number of hydrogen-bond acceptors (Lipinski definition) is 5. The molecule has 1 heterocycles. The third-order valence-corrected chi connectivity index (χ3v) is 1.76. The lowest BCUT2D eigenvalue weighted by atomic mass is 10.2. The van der Waals surface area contributed by atoms with Crippen molar-refractivity contribution < 1.29 is 4.92 Å². The van der Waals surface area contributed by atoms with Crippen LogP contribution in [0.4, 0.5) is 5.69 Å². The van der Waals surface area contributed by atoms with Crippen LogP contribution >= 0.6 is 12.2 Å². The van der Waals surface area contributed by atoms with E-state index in [9.17, 15) is 10.1 Å². The molecule has 0 aliphatic carbocycles. The average Bonchev–Trinajstić information content (AvgIpc) is 2.16. The van der Waals surface area contributed by atoms with E-state index in [0.29, 0.717) is 11.3 Å². The average molecular weight is 239 g/mol. The van der Waals surface area contributed by atoms with Gasteiger partial charge in [-0.15, -0.1) is 0 Å². The number of nitrogens with zero attached hydrogens (tertiary/aromatic N) is 3. The molecule has 0 radical (unpaired) electrons. The van der Waals surface area contributed by atoms with Gasteiger partial charge in [-0.05, 0) is 25.2 Å². The number of rotatable bonds is 3. The maximum atomic E-state index is 10.5. The lowest BCUT2D eigenvalue weighted by Gasteiger charge is -1.98. The van der Waals surface area contributed by atoms with Gasteiger partial charge in [0.25, 0.3) is 5.69 Å². The molecule has 0 saturated carbocycles. The molecular weight excluding hydrogens is 230 g/mol. The van der Waals surface area contributed by atoms with Crippen LogP contribution in [0.15, 0.2) is 17.4 Å². The minimum Gasteiger partial charge on any atom is -0.375 e. The molecule has 0 spiro atoms. The highest BCUT2D eigenvalue weighted by Crippen LogP contribution is 2.15. The topological polar surface area (TPSA) is 106 Å². The number of aryl methyl sites for hydroxylation is 1. The summed E-state index contributed by atoms with van der Waals surface area (Å²) in [7, 11) is 0. The number of nitrogens with two attached hydrogens (primary N) is 1. The van der Waals surface area contributed by atoms with Crippen LogP contribution in [0.25, 0.3) is 0 Å². The highest BCUT2D eigenvalue weighted by atomic mass is 32.1. The van der Waals surface area contributed by atoms with E-state index in [-0.39, 0.29) is 10.8 Å². The van der Waals surface area contributed by atoms with E-state index in [1.165, 1.54) is 12.4 Å². The molecule has 0 aromatic carbocycles. The third-order valence-electron chi connectivity index (χ3n) is 1.67. The fourth-order valence-corrected chi connectivity index (χ4v) is 1.05. The van der Waals surface area contributed by atoms with Crippen molar-refractivity contribution in [2.45, 2.75) is 6.92 Å². The molecule has 0 unspecified atom stereocenters. The highest BCUT2D eigenvalue weighted by molar-refractivity contribution is 7.80. The lowest BCUT2D eigenvalue weighted by molar-refractivity contribution is -0.385. The Balaban J connectivity index is 2.85. The van der Waals surface area contributed by atoms with Crippen molar-refractivity contribution >= 4 is 29.2 Å². The molecule has 3 N–H and O–H groups in total. The number of hydrazone groups is 1. The van der Waals surface area contributed by atoms with E-state index in [0.717, 1.165) is 0 Å². The molecule has 0 bridgehead atoms. The van der Waals surface area contributed by atoms with Crippen molar-refractivity contribution in [2.75, 3.05) is 0 Å². The predicted octanol–water partition coefficient (Wildman–Crippen LogP) is 0.465. The van der Waals surface area contributed by atoms with Crippen LogP contribution in [0.1, 0.15) is 11.3 Å². The summed E-state index contributed by atoms with van der Waals surface area (Å²) in [5.41, 5.74) is 8.46. The van der Waals surface area contributed by atoms with Crippen LogP contribution in [-0.2, 0) is 0 Å². The molecule has 16 heavy (non-hydrogen) atoms. The quantitative estimate of drug-likeness (QED) is 0.343. The molecule has 1 aromatic heterocycles. The van der Waals surface area contributed by atoms with Gasteiger partial charge in [0.2, 0.25) is 0 Å². The Labute approximate surface area is 96.5 Å². The first kappa shape index (κ1) is 12.0. The molecule has 0 atom stereocenters. The van der Waals surface area contributed by atoms with Gasteiger partial charge >= 0.3 is 0 Å². The molecule has 8 heteroatoms. The molecule has 1 aromatic rings. The normalized spacial score (nSPS) is 10.3. The van der Waals surface area contributed by atoms with Crippen LogP contribution in [0.3, 0.4) is 0 Å². The molecule has 7 nitrogen and oxygen atoms in total. The molecule has 84 valence electrons. The van der Waals surface area contributed by atoms with E-state index in [2.05, 4.69) is 27.7 Å². The minimum absolute atomic E-state index is 0.0283. The Morgan fingerprint density at radius 1 is 1.81 bits per heavy atom. The molecule has 0 saturated heterocycles. The Hall–Kier alpha value is -2.09. The SMILES string of the molecule is Cc1cc(/C=N/NC(N)=S)ncc1[N+](=O)[O-]. The van der Waals surface area contributed by atoms with Crippen molar-refractivity contribution in [1.82, 2.24) is 10.4 Å². The largest absolute Gasteiger partial charge is 0.375 e. The van der Waals surface area contributed by atoms with E-state index < -0.39 is 4.92 Å². The summed E-state index contributed by atoms with van der Waals surface area (Å²) >= 11 is 4.53. The summed E-state index contributed by atoms with van der Waals surface area (Å²) in [6.07, 6.45) is 2.55. The molecule has 0 fully saturated rings. The lowest BCUT2D eigenvalue weighted by Crippen LogP contribution is -2.24. The number of hydrogen-bond donors (Lipinski definition) is 2. The smallest absolute Gasteiger partial charge is 0.290 e. The summed E-state index contributed by atoms with van der Waals surface area (Å²) in [6, 6.07) is 1.54. The van der Waals surface area contributed by atoms with Crippen molar-refractivity contribution in [1.29, 1.82) is 0 Å². The van der Waals surface area contributed by atoms with E-state index in [1.54, 1.807) is 13.0 Å². The summed E-state index contributed by atoms with van der Waals surface area (Å²) < 4.78 is 0. The number of nitrogens with one attached hydrogen (secondary N) is 1. The van der Waals surface area contributed by atoms with Crippen LogP contribution in [0, 0.1) is 17.0 Å². The van der Waals surface area contributed by atoms with Crippen LogP contribution in [0.2, 0.25) is 0 Å². The van der Waals surface area contributed by atoms with Crippen molar-refractivity contribution in [3.63, 3.8) is 0 Å². The molecule has 1 rings (SSSR count). The standard InChI is InChI=1S/C8H9N5O2S/c1-5-2-6(3-11-12-8(9)16)10-4-7(5)13(14)15/h2-4H,1H3,(H3,9,12,16)/b11-3+. The summed E-state index contributed by atoms with van der Waals surface area (Å²) in [5.74, 6) is 0. The van der Waals surface area contributed by atoms with E-state index in [1.807, 2.05) is 0 Å². The zero-order chi connectivity index (χ0) is 12.1. The Bertz CT molecular complexity index is 460. The second-order valence-electron chi connectivity index (χ2n) is 2.89. The number of pyridine rings is 1. The first-order valence-corrected chi connectivity index (χ1v) is 4.61. The third kappa shape index (κ3) is 3.24.